The maximum Gasteiger partial charge on any atom is 0.151 e. The molecule has 1 atom stereocenters. The van der Waals surface area contributed by atoms with Crippen LogP contribution in [0.15, 0.2) is 43.1 Å². The van der Waals surface area contributed by atoms with Crippen molar-refractivity contribution < 1.29 is 4.74 Å². The Hall–Kier alpha value is -3.53. The monoisotopic (exact) mass is 473 g/mol. The van der Waals surface area contributed by atoms with Gasteiger partial charge in [-0.05, 0) is 56.3 Å². The van der Waals surface area contributed by atoms with E-state index in [2.05, 4.69) is 41.8 Å². The Morgan fingerprint density at radius 3 is 2.83 bits per heavy atom. The van der Waals surface area contributed by atoms with Crippen LogP contribution in [0.2, 0.25) is 0 Å². The van der Waals surface area contributed by atoms with Crippen molar-refractivity contribution in [1.29, 1.82) is 0 Å². The van der Waals surface area contributed by atoms with Crippen LogP contribution in [0.4, 0.5) is 5.82 Å². The Morgan fingerprint density at radius 1 is 1.09 bits per heavy atom. The van der Waals surface area contributed by atoms with Gasteiger partial charge in [0.1, 0.15) is 11.4 Å². The first kappa shape index (κ1) is 22.0. The number of rotatable bonds is 8. The average molecular weight is 474 g/mol. The molecule has 0 bridgehead atoms. The van der Waals surface area contributed by atoms with Gasteiger partial charge in [-0.3, -0.25) is 0 Å². The SMILES string of the molecule is COc1cc(-c2cn(Cc3ccc(N4CCC[C@@H](NCC5CCC5)C4)nn3)nn2)c2cncn2c1. The van der Waals surface area contributed by atoms with Crippen LogP contribution in [-0.2, 0) is 6.54 Å². The zero-order valence-corrected chi connectivity index (χ0v) is 20.0. The van der Waals surface area contributed by atoms with E-state index in [1.165, 1.54) is 32.1 Å². The third-order valence-electron chi connectivity index (χ3n) is 7.24. The van der Waals surface area contributed by atoms with E-state index in [0.29, 0.717) is 12.6 Å². The number of imidazole rings is 1. The largest absolute Gasteiger partial charge is 0.495 e. The molecule has 0 radical (unpaired) electrons. The number of hydrogen-bond acceptors (Lipinski definition) is 8. The Labute approximate surface area is 204 Å². The first-order valence-corrected chi connectivity index (χ1v) is 12.5. The first-order valence-electron chi connectivity index (χ1n) is 12.5. The predicted molar refractivity (Wildman–Crippen MR) is 132 cm³/mol. The zero-order chi connectivity index (χ0) is 23.6. The van der Waals surface area contributed by atoms with Crippen molar-refractivity contribution in [3.05, 3.63) is 48.8 Å². The van der Waals surface area contributed by atoms with Crippen molar-refractivity contribution in [2.24, 2.45) is 5.92 Å². The lowest BCUT2D eigenvalue weighted by Crippen LogP contribution is -2.47. The second-order valence-electron chi connectivity index (χ2n) is 9.65. The highest BCUT2D eigenvalue weighted by Gasteiger charge is 2.23. The van der Waals surface area contributed by atoms with Crippen molar-refractivity contribution in [3.63, 3.8) is 0 Å². The Bertz CT molecular complexity index is 1280. The molecule has 4 aromatic heterocycles. The summed E-state index contributed by atoms with van der Waals surface area (Å²) in [6.45, 7) is 3.69. The maximum absolute atomic E-state index is 5.43. The lowest BCUT2D eigenvalue weighted by atomic mass is 9.85. The molecule has 2 aliphatic rings. The zero-order valence-electron chi connectivity index (χ0n) is 20.0. The van der Waals surface area contributed by atoms with Crippen molar-refractivity contribution >= 4 is 11.3 Å². The quantitative estimate of drug-likeness (QED) is 0.417. The van der Waals surface area contributed by atoms with E-state index in [-0.39, 0.29) is 0 Å². The lowest BCUT2D eigenvalue weighted by molar-refractivity contribution is 0.280. The summed E-state index contributed by atoms with van der Waals surface area (Å²) in [6.07, 6.45) is 14.0. The molecular formula is C25H31N9O. The van der Waals surface area contributed by atoms with Crippen molar-refractivity contribution in [2.75, 3.05) is 31.6 Å². The van der Waals surface area contributed by atoms with Crippen molar-refractivity contribution in [3.8, 4) is 17.0 Å². The van der Waals surface area contributed by atoms with Gasteiger partial charge in [-0.15, -0.1) is 10.2 Å². The van der Waals surface area contributed by atoms with Gasteiger partial charge in [0, 0.05) is 24.7 Å². The van der Waals surface area contributed by atoms with E-state index in [1.807, 2.05) is 35.1 Å². The molecule has 2 fully saturated rings. The van der Waals surface area contributed by atoms with Crippen LogP contribution in [-0.4, -0.2) is 67.4 Å². The summed E-state index contributed by atoms with van der Waals surface area (Å²) >= 11 is 0. The number of methoxy groups -OCH3 is 1. The molecule has 4 aromatic rings. The van der Waals surface area contributed by atoms with Gasteiger partial charge in [-0.2, -0.15) is 5.10 Å². The summed E-state index contributed by atoms with van der Waals surface area (Å²) in [7, 11) is 1.65. The highest BCUT2D eigenvalue weighted by atomic mass is 16.5. The van der Waals surface area contributed by atoms with E-state index < -0.39 is 0 Å². The van der Waals surface area contributed by atoms with E-state index in [1.54, 1.807) is 18.1 Å². The molecule has 1 aliphatic carbocycles. The molecule has 1 saturated heterocycles. The van der Waals surface area contributed by atoms with Gasteiger partial charge < -0.3 is 19.4 Å². The van der Waals surface area contributed by atoms with Gasteiger partial charge in [0.05, 0.1) is 49.8 Å². The summed E-state index contributed by atoms with van der Waals surface area (Å²) in [5.41, 5.74) is 3.47. The number of fused-ring (bicyclic) bond motifs is 1. The summed E-state index contributed by atoms with van der Waals surface area (Å²) < 4.78 is 9.13. The molecule has 1 N–H and O–H groups in total. The molecule has 0 amide bonds. The summed E-state index contributed by atoms with van der Waals surface area (Å²) in [5.74, 6) is 2.57. The molecule has 0 spiro atoms. The molecule has 182 valence electrons. The fourth-order valence-corrected chi connectivity index (χ4v) is 4.98. The summed E-state index contributed by atoms with van der Waals surface area (Å²) in [6, 6.07) is 6.60. The molecule has 1 aliphatic heterocycles. The molecule has 6 rings (SSSR count). The number of anilines is 1. The highest BCUT2D eigenvalue weighted by molar-refractivity contribution is 5.78. The number of piperidine rings is 1. The molecule has 10 heteroatoms. The minimum atomic E-state index is 0.505. The third kappa shape index (κ3) is 4.70. The van der Waals surface area contributed by atoms with E-state index in [9.17, 15) is 0 Å². The number of nitrogens with zero attached hydrogens (tertiary/aromatic N) is 8. The molecule has 0 aromatic carbocycles. The predicted octanol–water partition coefficient (Wildman–Crippen LogP) is 2.80. The second kappa shape index (κ2) is 9.61. The minimum Gasteiger partial charge on any atom is -0.495 e. The standard InChI is InChI=1S/C25H31N9O/c1-35-21-10-22(24-12-26-17-33(24)15-21)23-16-34(31-29-23)14-20-7-8-25(30-28-20)32-9-3-6-19(13-32)27-11-18-4-2-5-18/h7-8,10,12,15-19,27H,2-6,9,11,13-14H2,1H3/t19-/m1/s1. The van der Waals surface area contributed by atoms with Gasteiger partial charge in [0.15, 0.2) is 5.82 Å². The molecule has 0 unspecified atom stereocenters. The molecule has 35 heavy (non-hydrogen) atoms. The normalized spacial score (nSPS) is 18.7. The van der Waals surface area contributed by atoms with E-state index in [4.69, 9.17) is 4.74 Å². The highest BCUT2D eigenvalue weighted by Crippen LogP contribution is 2.28. The van der Waals surface area contributed by atoms with Gasteiger partial charge in [-0.1, -0.05) is 11.6 Å². The van der Waals surface area contributed by atoms with Crippen LogP contribution in [0.5, 0.6) is 5.75 Å². The van der Waals surface area contributed by atoms with Crippen molar-refractivity contribution in [1.82, 2.24) is 39.9 Å². The molecule has 5 heterocycles. The third-order valence-corrected chi connectivity index (χ3v) is 7.24. The van der Waals surface area contributed by atoms with Crippen LogP contribution >= 0.6 is 0 Å². The minimum absolute atomic E-state index is 0.505. The average Bonchev–Trinajstić information content (AvgIpc) is 3.53. The smallest absolute Gasteiger partial charge is 0.151 e. The lowest BCUT2D eigenvalue weighted by Gasteiger charge is -2.35. The Balaban J connectivity index is 1.11. The van der Waals surface area contributed by atoms with Gasteiger partial charge in [-0.25, -0.2) is 9.67 Å². The van der Waals surface area contributed by atoms with Crippen LogP contribution in [0.3, 0.4) is 0 Å². The fraction of sp³-hybridized carbons (Fsp3) is 0.480. The van der Waals surface area contributed by atoms with Gasteiger partial charge in [0.2, 0.25) is 0 Å². The summed E-state index contributed by atoms with van der Waals surface area (Å²) in [4.78, 5) is 6.59. The fourth-order valence-electron chi connectivity index (χ4n) is 4.98. The Kier molecular flexibility index (Phi) is 6.03. The number of pyridine rings is 1. The summed E-state index contributed by atoms with van der Waals surface area (Å²) in [5, 5.41) is 21.5. The van der Waals surface area contributed by atoms with Crippen LogP contribution < -0.4 is 15.0 Å². The molecule has 1 saturated carbocycles. The number of ether oxygens (including phenoxy) is 1. The van der Waals surface area contributed by atoms with E-state index in [0.717, 1.165) is 59.6 Å². The number of hydrogen-bond donors (Lipinski definition) is 1. The first-order chi connectivity index (χ1) is 17.2. The number of aromatic nitrogens is 7. The van der Waals surface area contributed by atoms with E-state index >= 15 is 0 Å². The van der Waals surface area contributed by atoms with Crippen LogP contribution in [0.25, 0.3) is 16.8 Å². The van der Waals surface area contributed by atoms with Gasteiger partial charge in [0.25, 0.3) is 0 Å². The molecule has 10 nitrogen and oxygen atoms in total. The topological polar surface area (TPSA) is 98.3 Å². The van der Waals surface area contributed by atoms with Crippen molar-refractivity contribution in [2.45, 2.75) is 44.7 Å². The number of nitrogens with one attached hydrogen (secondary N) is 1. The van der Waals surface area contributed by atoms with Crippen LogP contribution in [0.1, 0.15) is 37.8 Å². The van der Waals surface area contributed by atoms with Gasteiger partial charge >= 0.3 is 0 Å². The second-order valence-corrected chi connectivity index (χ2v) is 9.65. The van der Waals surface area contributed by atoms with Crippen LogP contribution in [0, 0.1) is 5.92 Å². The molecular weight excluding hydrogens is 442 g/mol. The Morgan fingerprint density at radius 2 is 2.03 bits per heavy atom. The maximum atomic E-state index is 5.43.